The van der Waals surface area contributed by atoms with E-state index in [1.807, 2.05) is 0 Å². The Morgan fingerprint density at radius 1 is 1.50 bits per heavy atom. The van der Waals surface area contributed by atoms with Gasteiger partial charge in [0.1, 0.15) is 0 Å². The fourth-order valence-electron chi connectivity index (χ4n) is 2.15. The van der Waals surface area contributed by atoms with Gasteiger partial charge in [-0.05, 0) is 47.0 Å². The molecule has 7 heteroatoms. The highest BCUT2D eigenvalue weighted by molar-refractivity contribution is 9.10. The van der Waals surface area contributed by atoms with Gasteiger partial charge >= 0.3 is 0 Å². The van der Waals surface area contributed by atoms with E-state index in [4.69, 9.17) is 5.73 Å². The molecule has 0 aliphatic carbocycles. The molecule has 0 spiro atoms. The summed E-state index contributed by atoms with van der Waals surface area (Å²) >= 11 is 3.23. The van der Waals surface area contributed by atoms with Crippen molar-refractivity contribution in [2.75, 3.05) is 18.9 Å². The minimum atomic E-state index is -3.61. The molecule has 1 aromatic carbocycles. The first-order valence-corrected chi connectivity index (χ1v) is 7.88. The number of rotatable bonds is 3. The van der Waals surface area contributed by atoms with Crippen molar-refractivity contribution in [2.24, 2.45) is 0 Å². The summed E-state index contributed by atoms with van der Waals surface area (Å²) in [4.78, 5) is 0.155. The van der Waals surface area contributed by atoms with E-state index in [9.17, 15) is 13.5 Å². The number of anilines is 1. The van der Waals surface area contributed by atoms with Crippen LogP contribution >= 0.6 is 15.9 Å². The summed E-state index contributed by atoms with van der Waals surface area (Å²) in [6.45, 7) is 0.286. The molecule has 0 saturated carbocycles. The van der Waals surface area contributed by atoms with E-state index in [-0.39, 0.29) is 17.5 Å². The SMILES string of the molecule is Nc1ccc(Br)c(S(=O)(=O)N2CCC[C@@H]2CO)c1. The van der Waals surface area contributed by atoms with E-state index < -0.39 is 10.0 Å². The molecule has 0 unspecified atom stereocenters. The van der Waals surface area contributed by atoms with Crippen molar-refractivity contribution in [3.8, 4) is 0 Å². The zero-order valence-corrected chi connectivity index (χ0v) is 12.1. The molecule has 100 valence electrons. The van der Waals surface area contributed by atoms with Gasteiger partial charge < -0.3 is 10.8 Å². The summed E-state index contributed by atoms with van der Waals surface area (Å²) in [5.41, 5.74) is 6.04. The number of hydrogen-bond acceptors (Lipinski definition) is 4. The number of nitrogens with two attached hydrogens (primary N) is 1. The fraction of sp³-hybridized carbons (Fsp3) is 0.455. The van der Waals surface area contributed by atoms with Gasteiger partial charge in [-0.3, -0.25) is 0 Å². The number of aliphatic hydroxyl groups is 1. The molecule has 3 N–H and O–H groups in total. The first-order chi connectivity index (χ1) is 8.46. The van der Waals surface area contributed by atoms with Crippen molar-refractivity contribution in [3.05, 3.63) is 22.7 Å². The van der Waals surface area contributed by atoms with Crippen LogP contribution < -0.4 is 5.73 Å². The van der Waals surface area contributed by atoms with Crippen LogP contribution in [0.3, 0.4) is 0 Å². The molecule has 1 fully saturated rings. The molecule has 2 rings (SSSR count). The Hall–Kier alpha value is -0.630. The van der Waals surface area contributed by atoms with Crippen LogP contribution in [0.25, 0.3) is 0 Å². The Bertz CT molecular complexity index is 547. The number of sulfonamides is 1. The molecule has 1 heterocycles. The molecule has 0 bridgehead atoms. The number of nitrogen functional groups attached to an aromatic ring is 1. The number of halogens is 1. The first kappa shape index (κ1) is 13.8. The maximum Gasteiger partial charge on any atom is 0.244 e. The molecule has 1 aromatic rings. The highest BCUT2D eigenvalue weighted by atomic mass is 79.9. The van der Waals surface area contributed by atoms with Gasteiger partial charge in [0.05, 0.1) is 11.5 Å². The molecule has 0 amide bonds. The third-order valence-corrected chi connectivity index (χ3v) is 6.02. The highest BCUT2D eigenvalue weighted by Crippen LogP contribution is 2.31. The maximum atomic E-state index is 12.5. The topological polar surface area (TPSA) is 83.6 Å². The molecule has 5 nitrogen and oxygen atoms in total. The zero-order chi connectivity index (χ0) is 13.3. The van der Waals surface area contributed by atoms with Crippen LogP contribution in [0.5, 0.6) is 0 Å². The first-order valence-electron chi connectivity index (χ1n) is 5.64. The standard InChI is InChI=1S/C11H15BrN2O3S/c12-10-4-3-8(13)6-11(10)18(16,17)14-5-1-2-9(14)7-15/h3-4,6,9,15H,1-2,5,7,13H2/t9-/m1/s1. The normalized spacial score (nSPS) is 21.3. The molecular weight excluding hydrogens is 320 g/mol. The monoisotopic (exact) mass is 334 g/mol. The van der Waals surface area contributed by atoms with Gasteiger partial charge in [0, 0.05) is 22.7 Å². The van der Waals surface area contributed by atoms with Crippen LogP contribution in [0.4, 0.5) is 5.69 Å². The van der Waals surface area contributed by atoms with Gasteiger partial charge in [-0.1, -0.05) is 0 Å². The Morgan fingerprint density at radius 2 is 2.22 bits per heavy atom. The van der Waals surface area contributed by atoms with Crippen molar-refractivity contribution in [1.29, 1.82) is 0 Å². The van der Waals surface area contributed by atoms with E-state index >= 15 is 0 Å². The Balaban J connectivity index is 2.45. The summed E-state index contributed by atoms with van der Waals surface area (Å²) in [7, 11) is -3.61. The lowest BCUT2D eigenvalue weighted by molar-refractivity contribution is 0.213. The van der Waals surface area contributed by atoms with Crippen LogP contribution in [-0.2, 0) is 10.0 Å². The van der Waals surface area contributed by atoms with Crippen molar-refractivity contribution in [3.63, 3.8) is 0 Å². The van der Waals surface area contributed by atoms with Crippen molar-refractivity contribution >= 4 is 31.6 Å². The van der Waals surface area contributed by atoms with Crippen LogP contribution in [0, 0.1) is 0 Å². The molecule has 1 aliphatic rings. The Morgan fingerprint density at radius 3 is 2.89 bits per heavy atom. The molecule has 0 radical (unpaired) electrons. The summed E-state index contributed by atoms with van der Waals surface area (Å²) in [5, 5.41) is 9.23. The summed E-state index contributed by atoms with van der Waals surface area (Å²) in [6.07, 6.45) is 1.46. The summed E-state index contributed by atoms with van der Waals surface area (Å²) in [5.74, 6) is 0. The van der Waals surface area contributed by atoms with Gasteiger partial charge in [0.15, 0.2) is 0 Å². The molecule has 1 atom stereocenters. The van der Waals surface area contributed by atoms with E-state index in [1.54, 1.807) is 12.1 Å². The van der Waals surface area contributed by atoms with Gasteiger partial charge in [0.2, 0.25) is 10.0 Å². The number of hydrogen-bond donors (Lipinski definition) is 2. The smallest absolute Gasteiger partial charge is 0.244 e. The lowest BCUT2D eigenvalue weighted by atomic mass is 10.2. The Labute approximate surface area is 115 Å². The second-order valence-electron chi connectivity index (χ2n) is 4.28. The maximum absolute atomic E-state index is 12.5. The lowest BCUT2D eigenvalue weighted by Gasteiger charge is -2.23. The van der Waals surface area contributed by atoms with Crippen LogP contribution in [0.2, 0.25) is 0 Å². The van der Waals surface area contributed by atoms with E-state index in [0.717, 1.165) is 6.42 Å². The summed E-state index contributed by atoms with van der Waals surface area (Å²) in [6, 6.07) is 4.36. The lowest BCUT2D eigenvalue weighted by Crippen LogP contribution is -2.37. The average Bonchev–Trinajstić information content (AvgIpc) is 2.81. The van der Waals surface area contributed by atoms with Crippen LogP contribution in [0.1, 0.15) is 12.8 Å². The Kier molecular flexibility index (Phi) is 3.96. The van der Waals surface area contributed by atoms with Crippen LogP contribution in [0.15, 0.2) is 27.6 Å². The third kappa shape index (κ3) is 2.40. The predicted octanol–water partition coefficient (Wildman–Crippen LogP) is 1.18. The molecule has 18 heavy (non-hydrogen) atoms. The molecule has 1 saturated heterocycles. The second kappa shape index (κ2) is 5.16. The van der Waals surface area contributed by atoms with Crippen molar-refractivity contribution in [2.45, 2.75) is 23.8 Å². The number of benzene rings is 1. The highest BCUT2D eigenvalue weighted by Gasteiger charge is 2.35. The molecular formula is C11H15BrN2O3S. The van der Waals surface area contributed by atoms with Gasteiger partial charge in [-0.25, -0.2) is 8.42 Å². The van der Waals surface area contributed by atoms with E-state index in [0.29, 0.717) is 23.1 Å². The minimum absolute atomic E-state index is 0.154. The van der Waals surface area contributed by atoms with Crippen LogP contribution in [-0.4, -0.2) is 37.0 Å². The molecule has 0 aromatic heterocycles. The zero-order valence-electron chi connectivity index (χ0n) is 9.71. The van der Waals surface area contributed by atoms with Crippen molar-refractivity contribution < 1.29 is 13.5 Å². The predicted molar refractivity (Wildman–Crippen MR) is 72.6 cm³/mol. The van der Waals surface area contributed by atoms with Gasteiger partial charge in [0.25, 0.3) is 0 Å². The summed E-state index contributed by atoms with van der Waals surface area (Å²) < 4.78 is 26.9. The van der Waals surface area contributed by atoms with E-state index in [2.05, 4.69) is 15.9 Å². The molecule has 1 aliphatic heterocycles. The third-order valence-electron chi connectivity index (χ3n) is 3.08. The van der Waals surface area contributed by atoms with Gasteiger partial charge in [-0.2, -0.15) is 4.31 Å². The number of nitrogens with zero attached hydrogens (tertiary/aromatic N) is 1. The average molecular weight is 335 g/mol. The fourth-order valence-corrected chi connectivity index (χ4v) is 4.80. The van der Waals surface area contributed by atoms with E-state index in [1.165, 1.54) is 10.4 Å². The quantitative estimate of drug-likeness (QED) is 0.813. The minimum Gasteiger partial charge on any atom is -0.399 e. The second-order valence-corrected chi connectivity index (χ2v) is 7.00. The van der Waals surface area contributed by atoms with Crippen molar-refractivity contribution in [1.82, 2.24) is 4.31 Å². The van der Waals surface area contributed by atoms with Gasteiger partial charge in [-0.15, -0.1) is 0 Å². The largest absolute Gasteiger partial charge is 0.399 e. The number of aliphatic hydroxyl groups excluding tert-OH is 1.